The third-order valence-corrected chi connectivity index (χ3v) is 3.49. The second-order valence-corrected chi connectivity index (χ2v) is 5.09. The summed E-state index contributed by atoms with van der Waals surface area (Å²) in [6.45, 7) is 6.26. The lowest BCUT2D eigenvalue weighted by Gasteiger charge is -1.96. The van der Waals surface area contributed by atoms with Crippen molar-refractivity contribution in [3.63, 3.8) is 0 Å². The number of allylic oxidation sites excluding steroid dienone is 2. The van der Waals surface area contributed by atoms with Gasteiger partial charge in [0.25, 0.3) is 0 Å². The first-order valence-electron chi connectivity index (χ1n) is 5.91. The molecule has 0 saturated heterocycles. The summed E-state index contributed by atoms with van der Waals surface area (Å²) in [5.74, 6) is -0.570. The summed E-state index contributed by atoms with van der Waals surface area (Å²) in [6, 6.07) is 0. The van der Waals surface area contributed by atoms with Crippen LogP contribution in [0.25, 0.3) is 0 Å². The third kappa shape index (κ3) is 3.51. The van der Waals surface area contributed by atoms with Gasteiger partial charge in [-0.05, 0) is 24.2 Å². The van der Waals surface area contributed by atoms with E-state index in [0.29, 0.717) is 0 Å². The lowest BCUT2D eigenvalue weighted by Crippen LogP contribution is -2.02. The molecule has 1 aliphatic rings. The van der Waals surface area contributed by atoms with Crippen LogP contribution in [0.15, 0.2) is 12.2 Å². The number of aliphatic carboxylic acids is 1. The van der Waals surface area contributed by atoms with Gasteiger partial charge >= 0.3 is 5.97 Å². The first-order valence-corrected chi connectivity index (χ1v) is 5.91. The molecular formula is C13H23ClO2. The summed E-state index contributed by atoms with van der Waals surface area (Å²) in [7, 11) is 0. The highest BCUT2D eigenvalue weighted by atomic mass is 35.5. The van der Waals surface area contributed by atoms with Crippen molar-refractivity contribution in [3.8, 4) is 0 Å². The summed E-state index contributed by atoms with van der Waals surface area (Å²) >= 11 is 0. The van der Waals surface area contributed by atoms with Crippen LogP contribution in [0.5, 0.6) is 0 Å². The van der Waals surface area contributed by atoms with Crippen LogP contribution in [0.2, 0.25) is 0 Å². The maximum atomic E-state index is 10.9. The fourth-order valence-electron chi connectivity index (χ4n) is 2.26. The lowest BCUT2D eigenvalue weighted by molar-refractivity contribution is -0.139. The summed E-state index contributed by atoms with van der Waals surface area (Å²) in [5.41, 5.74) is -0.0346. The number of halogens is 1. The quantitative estimate of drug-likeness (QED) is 0.570. The van der Waals surface area contributed by atoms with Gasteiger partial charge in [-0.3, -0.25) is 4.79 Å². The summed E-state index contributed by atoms with van der Waals surface area (Å²) in [6.07, 6.45) is 9.07. The maximum absolute atomic E-state index is 10.9. The summed E-state index contributed by atoms with van der Waals surface area (Å²) in [4.78, 5) is 10.9. The predicted octanol–water partition coefficient (Wildman–Crippen LogP) is 3.90. The Balaban J connectivity index is 0.00000225. The van der Waals surface area contributed by atoms with Gasteiger partial charge in [-0.25, -0.2) is 0 Å². The minimum absolute atomic E-state index is 0. The van der Waals surface area contributed by atoms with Crippen LogP contribution in [0.1, 0.15) is 46.5 Å². The van der Waals surface area contributed by atoms with Crippen LogP contribution in [0.3, 0.4) is 0 Å². The molecule has 1 fully saturated rings. The topological polar surface area (TPSA) is 37.3 Å². The van der Waals surface area contributed by atoms with E-state index in [1.165, 1.54) is 19.3 Å². The van der Waals surface area contributed by atoms with Gasteiger partial charge in [0, 0.05) is 0 Å². The van der Waals surface area contributed by atoms with E-state index < -0.39 is 5.97 Å². The van der Waals surface area contributed by atoms with Crippen molar-refractivity contribution in [3.05, 3.63) is 12.2 Å². The zero-order chi connectivity index (χ0) is 11.5. The van der Waals surface area contributed by atoms with Crippen molar-refractivity contribution in [1.82, 2.24) is 0 Å². The van der Waals surface area contributed by atoms with Crippen LogP contribution in [0.4, 0.5) is 0 Å². The molecule has 3 heteroatoms. The van der Waals surface area contributed by atoms with Gasteiger partial charge in [-0.1, -0.05) is 45.8 Å². The van der Waals surface area contributed by atoms with Crippen molar-refractivity contribution in [2.45, 2.75) is 46.5 Å². The highest BCUT2D eigenvalue weighted by molar-refractivity contribution is 5.85. The molecule has 2 nitrogen and oxygen atoms in total. The van der Waals surface area contributed by atoms with Gasteiger partial charge in [0.1, 0.15) is 0 Å². The van der Waals surface area contributed by atoms with Crippen LogP contribution < -0.4 is 0 Å². The number of carbonyl (C=O) groups is 1. The molecule has 0 spiro atoms. The number of carboxylic acid groups (broad SMARTS) is 1. The van der Waals surface area contributed by atoms with E-state index in [4.69, 9.17) is 5.11 Å². The molecule has 0 aromatic rings. The fourth-order valence-corrected chi connectivity index (χ4v) is 2.26. The zero-order valence-corrected chi connectivity index (χ0v) is 11.2. The second-order valence-electron chi connectivity index (χ2n) is 5.09. The van der Waals surface area contributed by atoms with Crippen molar-refractivity contribution < 1.29 is 9.90 Å². The van der Waals surface area contributed by atoms with E-state index in [-0.39, 0.29) is 29.7 Å². The van der Waals surface area contributed by atoms with E-state index >= 15 is 0 Å². The van der Waals surface area contributed by atoms with E-state index in [1.54, 1.807) is 0 Å². The van der Waals surface area contributed by atoms with Crippen LogP contribution in [-0.4, -0.2) is 11.1 Å². The summed E-state index contributed by atoms with van der Waals surface area (Å²) < 4.78 is 0. The van der Waals surface area contributed by atoms with Gasteiger partial charge in [0.05, 0.1) is 5.92 Å². The van der Waals surface area contributed by atoms with E-state index in [2.05, 4.69) is 19.1 Å². The molecule has 0 radical (unpaired) electrons. The van der Waals surface area contributed by atoms with Gasteiger partial charge in [-0.15, -0.1) is 12.4 Å². The standard InChI is InChI=1S/C13H22O2.ClH/c1-4-5-6-7-8-9-10-11(12(14)15)13(10,2)3;/h8-11H,4-7H2,1-3H3,(H,14,15);1H. The number of hydrogen-bond donors (Lipinski definition) is 1. The largest absolute Gasteiger partial charge is 0.481 e. The van der Waals surface area contributed by atoms with Crippen molar-refractivity contribution in [1.29, 1.82) is 0 Å². The fraction of sp³-hybridized carbons (Fsp3) is 0.769. The zero-order valence-electron chi connectivity index (χ0n) is 10.4. The van der Waals surface area contributed by atoms with Crippen molar-refractivity contribution in [2.75, 3.05) is 0 Å². The third-order valence-electron chi connectivity index (χ3n) is 3.49. The Bertz CT molecular complexity index is 259. The molecule has 2 unspecified atom stereocenters. The highest BCUT2D eigenvalue weighted by Crippen LogP contribution is 2.59. The van der Waals surface area contributed by atoms with Crippen LogP contribution in [-0.2, 0) is 4.79 Å². The van der Waals surface area contributed by atoms with Crippen LogP contribution in [0, 0.1) is 17.3 Å². The molecule has 1 rings (SSSR count). The first kappa shape index (κ1) is 15.5. The molecule has 0 aliphatic heterocycles. The average molecular weight is 247 g/mol. The van der Waals surface area contributed by atoms with Crippen LogP contribution >= 0.6 is 12.4 Å². The number of carboxylic acids is 1. The Labute approximate surface area is 105 Å². The molecular weight excluding hydrogens is 224 g/mol. The Hall–Kier alpha value is -0.500. The average Bonchev–Trinajstić information content (AvgIpc) is 2.68. The molecule has 1 saturated carbocycles. The highest BCUT2D eigenvalue weighted by Gasteiger charge is 2.60. The molecule has 1 aliphatic carbocycles. The van der Waals surface area contributed by atoms with E-state index in [1.807, 2.05) is 13.8 Å². The van der Waals surface area contributed by atoms with E-state index in [0.717, 1.165) is 6.42 Å². The molecule has 0 aromatic heterocycles. The first-order chi connectivity index (χ1) is 7.01. The molecule has 1 N–H and O–H groups in total. The Morgan fingerprint density at radius 3 is 2.44 bits per heavy atom. The smallest absolute Gasteiger partial charge is 0.307 e. The van der Waals surface area contributed by atoms with Crippen molar-refractivity contribution >= 4 is 18.4 Å². The van der Waals surface area contributed by atoms with Gasteiger partial charge in [0.15, 0.2) is 0 Å². The van der Waals surface area contributed by atoms with Gasteiger partial charge in [-0.2, -0.15) is 0 Å². The number of unbranched alkanes of at least 4 members (excludes halogenated alkanes) is 3. The Morgan fingerprint density at radius 1 is 1.38 bits per heavy atom. The lowest BCUT2D eigenvalue weighted by atomic mass is 10.1. The SMILES string of the molecule is CCCCCC=CC1C(C(=O)O)C1(C)C.Cl. The number of rotatable bonds is 6. The molecule has 0 aromatic carbocycles. The molecule has 0 bridgehead atoms. The molecule has 0 heterocycles. The number of hydrogen-bond acceptors (Lipinski definition) is 1. The van der Waals surface area contributed by atoms with E-state index in [9.17, 15) is 4.79 Å². The monoisotopic (exact) mass is 246 g/mol. The predicted molar refractivity (Wildman–Crippen MR) is 68.9 cm³/mol. The van der Waals surface area contributed by atoms with Crippen molar-refractivity contribution in [2.24, 2.45) is 17.3 Å². The molecule has 2 atom stereocenters. The minimum atomic E-state index is -0.650. The molecule has 16 heavy (non-hydrogen) atoms. The van der Waals surface area contributed by atoms with Gasteiger partial charge < -0.3 is 5.11 Å². The normalized spacial score (nSPS) is 26.4. The molecule has 0 amide bonds. The Morgan fingerprint density at radius 2 is 2.00 bits per heavy atom. The Kier molecular flexibility index (Phi) is 6.09. The minimum Gasteiger partial charge on any atom is -0.481 e. The second kappa shape index (κ2) is 6.29. The maximum Gasteiger partial charge on any atom is 0.307 e. The summed E-state index contributed by atoms with van der Waals surface area (Å²) in [5, 5.41) is 8.97. The molecule has 94 valence electrons. The van der Waals surface area contributed by atoms with Gasteiger partial charge in [0.2, 0.25) is 0 Å².